The van der Waals surface area contributed by atoms with E-state index < -0.39 is 0 Å². The van der Waals surface area contributed by atoms with Crippen molar-refractivity contribution < 1.29 is 9.47 Å². The highest BCUT2D eigenvalue weighted by molar-refractivity contribution is 5.28. The number of rotatable bonds is 21. The quantitative estimate of drug-likeness (QED) is 0.175. The van der Waals surface area contributed by atoms with Gasteiger partial charge in [0, 0.05) is 0 Å². The molecule has 0 radical (unpaired) electrons. The fourth-order valence-corrected chi connectivity index (χ4v) is 4.24. The first-order valence-corrected chi connectivity index (χ1v) is 13.8. The summed E-state index contributed by atoms with van der Waals surface area (Å²) in [5.41, 5.74) is 1.41. The Morgan fingerprint density at radius 3 is 1.61 bits per heavy atom. The Morgan fingerprint density at radius 1 is 0.485 bits per heavy atom. The van der Waals surface area contributed by atoms with Gasteiger partial charge in [-0.25, -0.2) is 0 Å². The minimum absolute atomic E-state index is 0.743. The summed E-state index contributed by atoms with van der Waals surface area (Å²) in [6.07, 6.45) is 21.5. The predicted molar refractivity (Wildman–Crippen MR) is 143 cm³/mol. The molecule has 0 aliphatic heterocycles. The van der Waals surface area contributed by atoms with E-state index in [0.29, 0.717) is 0 Å². The van der Waals surface area contributed by atoms with Crippen molar-refractivity contribution in [2.45, 2.75) is 110 Å². The van der Waals surface area contributed by atoms with Crippen LogP contribution in [0.1, 0.15) is 109 Å². The topological polar surface area (TPSA) is 18.5 Å². The van der Waals surface area contributed by atoms with Gasteiger partial charge in [0.2, 0.25) is 0 Å². The van der Waals surface area contributed by atoms with Crippen molar-refractivity contribution >= 4 is 0 Å². The SMILES string of the molecule is CCCCCCCCCCCCCCCc1cccc(OCCCCOc2ccccc2)c1. The lowest BCUT2D eigenvalue weighted by molar-refractivity contribution is 0.266. The van der Waals surface area contributed by atoms with Gasteiger partial charge in [-0.2, -0.15) is 0 Å². The first-order chi connectivity index (χ1) is 16.4. The monoisotopic (exact) mass is 452 g/mol. The highest BCUT2D eigenvalue weighted by Crippen LogP contribution is 2.17. The van der Waals surface area contributed by atoms with Crippen LogP contribution in [0.25, 0.3) is 0 Å². The number of hydrogen-bond acceptors (Lipinski definition) is 2. The van der Waals surface area contributed by atoms with Gasteiger partial charge in [0.1, 0.15) is 11.5 Å². The number of ether oxygens (including phenoxy) is 2. The number of benzene rings is 2. The number of para-hydroxylation sites is 1. The lowest BCUT2D eigenvalue weighted by Crippen LogP contribution is -2.02. The minimum atomic E-state index is 0.743. The van der Waals surface area contributed by atoms with E-state index in [0.717, 1.165) is 37.6 Å². The molecule has 33 heavy (non-hydrogen) atoms. The molecule has 0 bridgehead atoms. The summed E-state index contributed by atoms with van der Waals surface area (Å²) in [7, 11) is 0. The first-order valence-electron chi connectivity index (χ1n) is 13.8. The van der Waals surface area contributed by atoms with E-state index in [9.17, 15) is 0 Å². The fourth-order valence-electron chi connectivity index (χ4n) is 4.24. The second-order valence-corrected chi connectivity index (χ2v) is 9.36. The van der Waals surface area contributed by atoms with Crippen LogP contribution in [0.2, 0.25) is 0 Å². The van der Waals surface area contributed by atoms with Crippen LogP contribution in [0, 0.1) is 0 Å². The molecule has 0 unspecified atom stereocenters. The molecule has 0 amide bonds. The van der Waals surface area contributed by atoms with Gasteiger partial charge in [-0.05, 0) is 55.5 Å². The van der Waals surface area contributed by atoms with Gasteiger partial charge in [0.05, 0.1) is 13.2 Å². The number of unbranched alkanes of at least 4 members (excludes halogenated alkanes) is 13. The average Bonchev–Trinajstić information content (AvgIpc) is 2.85. The summed E-state index contributed by atoms with van der Waals surface area (Å²) >= 11 is 0. The molecule has 2 nitrogen and oxygen atoms in total. The van der Waals surface area contributed by atoms with Crippen molar-refractivity contribution in [1.29, 1.82) is 0 Å². The molecule has 0 aliphatic carbocycles. The predicted octanol–water partition coefficient (Wildman–Crippen LogP) is 9.56. The maximum atomic E-state index is 5.96. The normalized spacial score (nSPS) is 10.9. The molecule has 0 saturated carbocycles. The van der Waals surface area contributed by atoms with Gasteiger partial charge in [-0.3, -0.25) is 0 Å². The van der Waals surface area contributed by atoms with Gasteiger partial charge in [0.25, 0.3) is 0 Å². The molecule has 0 N–H and O–H groups in total. The van der Waals surface area contributed by atoms with Crippen LogP contribution in [0.4, 0.5) is 0 Å². The second kappa shape index (κ2) is 19.5. The zero-order valence-electron chi connectivity index (χ0n) is 21.2. The molecule has 2 rings (SSSR count). The largest absolute Gasteiger partial charge is 0.494 e. The molecule has 0 atom stereocenters. The third-order valence-electron chi connectivity index (χ3n) is 6.29. The van der Waals surface area contributed by atoms with Gasteiger partial charge in [-0.15, -0.1) is 0 Å². The highest BCUT2D eigenvalue weighted by atomic mass is 16.5. The molecule has 0 saturated heterocycles. The van der Waals surface area contributed by atoms with Gasteiger partial charge in [0.15, 0.2) is 0 Å². The lowest BCUT2D eigenvalue weighted by atomic mass is 10.0. The van der Waals surface area contributed by atoms with Gasteiger partial charge < -0.3 is 9.47 Å². The standard InChI is InChI=1S/C31H48O2/c1-2-3-4-5-6-7-8-9-10-11-12-13-15-21-29-22-20-25-31(28-29)33-27-19-18-26-32-30-23-16-14-17-24-30/h14,16-17,20,22-25,28H,2-13,15,18-19,21,26-27H2,1H3. The maximum Gasteiger partial charge on any atom is 0.119 e. The van der Waals surface area contributed by atoms with Crippen LogP contribution in [-0.4, -0.2) is 13.2 Å². The Bertz CT molecular complexity index is 682. The van der Waals surface area contributed by atoms with E-state index in [1.807, 2.05) is 30.3 Å². The number of hydrogen-bond donors (Lipinski definition) is 0. The molecular formula is C31H48O2. The Balaban J connectivity index is 1.41. The highest BCUT2D eigenvalue weighted by Gasteiger charge is 2.00. The van der Waals surface area contributed by atoms with Crippen molar-refractivity contribution in [3.63, 3.8) is 0 Å². The minimum Gasteiger partial charge on any atom is -0.494 e. The van der Waals surface area contributed by atoms with E-state index in [1.165, 1.54) is 95.5 Å². The summed E-state index contributed by atoms with van der Waals surface area (Å²) in [5, 5.41) is 0. The lowest BCUT2D eigenvalue weighted by Gasteiger charge is -2.09. The van der Waals surface area contributed by atoms with Gasteiger partial charge in [-0.1, -0.05) is 114 Å². The van der Waals surface area contributed by atoms with Crippen LogP contribution in [-0.2, 0) is 6.42 Å². The van der Waals surface area contributed by atoms with Crippen LogP contribution < -0.4 is 9.47 Å². The smallest absolute Gasteiger partial charge is 0.119 e. The Morgan fingerprint density at radius 2 is 1.00 bits per heavy atom. The van der Waals surface area contributed by atoms with Crippen molar-refractivity contribution in [2.24, 2.45) is 0 Å². The molecule has 0 aliphatic rings. The van der Waals surface area contributed by atoms with Crippen LogP contribution in [0.3, 0.4) is 0 Å². The zero-order valence-corrected chi connectivity index (χ0v) is 21.2. The summed E-state index contributed by atoms with van der Waals surface area (Å²) in [6.45, 7) is 3.78. The maximum absolute atomic E-state index is 5.96. The third kappa shape index (κ3) is 14.7. The Kier molecular flexibility index (Phi) is 16.1. The molecule has 2 heteroatoms. The number of aryl methyl sites for hydroxylation is 1. The molecule has 0 heterocycles. The molecule has 2 aromatic carbocycles. The van der Waals surface area contributed by atoms with E-state index in [4.69, 9.17) is 9.47 Å². The zero-order chi connectivity index (χ0) is 23.2. The molecule has 2 aromatic rings. The summed E-state index contributed by atoms with van der Waals surface area (Å²) in [6, 6.07) is 18.7. The molecular weight excluding hydrogens is 404 g/mol. The third-order valence-corrected chi connectivity index (χ3v) is 6.29. The van der Waals surface area contributed by atoms with E-state index >= 15 is 0 Å². The average molecular weight is 453 g/mol. The van der Waals surface area contributed by atoms with Crippen molar-refractivity contribution in [3.05, 3.63) is 60.2 Å². The summed E-state index contributed by atoms with van der Waals surface area (Å²) in [4.78, 5) is 0. The fraction of sp³-hybridized carbons (Fsp3) is 0.613. The van der Waals surface area contributed by atoms with E-state index in [-0.39, 0.29) is 0 Å². The molecule has 184 valence electrons. The molecule has 0 fully saturated rings. The molecule has 0 aromatic heterocycles. The van der Waals surface area contributed by atoms with Crippen molar-refractivity contribution in [3.8, 4) is 11.5 Å². The van der Waals surface area contributed by atoms with Crippen LogP contribution >= 0.6 is 0 Å². The van der Waals surface area contributed by atoms with Crippen LogP contribution in [0.5, 0.6) is 11.5 Å². The summed E-state index contributed by atoms with van der Waals surface area (Å²) < 4.78 is 11.7. The first kappa shape index (κ1) is 27.3. The van der Waals surface area contributed by atoms with E-state index in [2.05, 4.69) is 31.2 Å². The van der Waals surface area contributed by atoms with Gasteiger partial charge >= 0.3 is 0 Å². The van der Waals surface area contributed by atoms with E-state index in [1.54, 1.807) is 0 Å². The van der Waals surface area contributed by atoms with Crippen LogP contribution in [0.15, 0.2) is 54.6 Å². The Labute approximate surface area is 204 Å². The molecule has 0 spiro atoms. The van der Waals surface area contributed by atoms with Crippen molar-refractivity contribution in [1.82, 2.24) is 0 Å². The Hall–Kier alpha value is -1.96. The second-order valence-electron chi connectivity index (χ2n) is 9.36. The van der Waals surface area contributed by atoms with Crippen molar-refractivity contribution in [2.75, 3.05) is 13.2 Å². The summed E-state index contributed by atoms with van der Waals surface area (Å²) in [5.74, 6) is 1.95.